The van der Waals surface area contributed by atoms with Crippen LogP contribution in [0, 0.1) is 0 Å². The monoisotopic (exact) mass is 336 g/mol. The number of carbonyl (C=O) groups is 3. The van der Waals surface area contributed by atoms with Crippen LogP contribution in [0.15, 0.2) is 30.3 Å². The lowest BCUT2D eigenvalue weighted by Gasteiger charge is -2.22. The number of alkyl carbamates (subject to hydrolysis) is 1. The average Bonchev–Trinajstić information content (AvgIpc) is 2.45. The third-order valence-electron chi connectivity index (χ3n) is 3.02. The van der Waals surface area contributed by atoms with Gasteiger partial charge in [0.1, 0.15) is 17.7 Å². The average molecular weight is 336 g/mol. The van der Waals surface area contributed by atoms with Gasteiger partial charge in [0.2, 0.25) is 5.91 Å². The molecule has 7 heteroatoms. The summed E-state index contributed by atoms with van der Waals surface area (Å²) in [7, 11) is 0. The highest BCUT2D eigenvalue weighted by Gasteiger charge is 2.25. The fourth-order valence-electron chi connectivity index (χ4n) is 1.90. The number of aliphatic carboxylic acids is 1. The molecular weight excluding hydrogens is 312 g/mol. The van der Waals surface area contributed by atoms with Crippen LogP contribution in [0.4, 0.5) is 4.79 Å². The molecule has 132 valence electrons. The second-order valence-electron chi connectivity index (χ2n) is 6.46. The molecule has 0 spiro atoms. The van der Waals surface area contributed by atoms with Crippen molar-refractivity contribution in [1.82, 2.24) is 10.6 Å². The molecule has 1 aromatic rings. The Morgan fingerprint density at radius 1 is 1.12 bits per heavy atom. The van der Waals surface area contributed by atoms with E-state index in [-0.39, 0.29) is 6.42 Å². The SMILES string of the molecule is C[C@H](NC(=O)OC(C)(C)C)C(=O)N[C@H](Cc1ccccc1)C(=O)O. The van der Waals surface area contributed by atoms with Gasteiger partial charge in [0, 0.05) is 6.42 Å². The van der Waals surface area contributed by atoms with Crippen molar-refractivity contribution in [1.29, 1.82) is 0 Å². The number of rotatable bonds is 6. The van der Waals surface area contributed by atoms with Gasteiger partial charge in [-0.3, -0.25) is 4.79 Å². The predicted molar refractivity (Wildman–Crippen MR) is 88.5 cm³/mol. The van der Waals surface area contributed by atoms with Gasteiger partial charge in [0.05, 0.1) is 0 Å². The van der Waals surface area contributed by atoms with Crippen LogP contribution in [0.2, 0.25) is 0 Å². The van der Waals surface area contributed by atoms with Gasteiger partial charge in [-0.25, -0.2) is 9.59 Å². The highest BCUT2D eigenvalue weighted by molar-refractivity contribution is 5.89. The fourth-order valence-corrected chi connectivity index (χ4v) is 1.90. The van der Waals surface area contributed by atoms with E-state index in [1.165, 1.54) is 6.92 Å². The molecule has 24 heavy (non-hydrogen) atoms. The molecular formula is C17H24N2O5. The zero-order valence-corrected chi connectivity index (χ0v) is 14.3. The van der Waals surface area contributed by atoms with E-state index in [0.717, 1.165) is 5.56 Å². The Hall–Kier alpha value is -2.57. The Morgan fingerprint density at radius 3 is 2.21 bits per heavy atom. The van der Waals surface area contributed by atoms with Crippen LogP contribution in [0.3, 0.4) is 0 Å². The summed E-state index contributed by atoms with van der Waals surface area (Å²) >= 11 is 0. The number of carbonyl (C=O) groups excluding carboxylic acids is 2. The van der Waals surface area contributed by atoms with Gasteiger partial charge in [-0.05, 0) is 33.3 Å². The molecule has 0 unspecified atom stereocenters. The number of carboxylic acid groups (broad SMARTS) is 1. The van der Waals surface area contributed by atoms with E-state index in [9.17, 15) is 19.5 Å². The first-order valence-corrected chi connectivity index (χ1v) is 7.65. The van der Waals surface area contributed by atoms with E-state index in [1.54, 1.807) is 45.0 Å². The Morgan fingerprint density at radius 2 is 1.71 bits per heavy atom. The van der Waals surface area contributed by atoms with Crippen LogP contribution in [-0.2, 0) is 20.7 Å². The number of hydrogen-bond acceptors (Lipinski definition) is 4. The van der Waals surface area contributed by atoms with E-state index in [4.69, 9.17) is 4.74 Å². The molecule has 0 aliphatic rings. The summed E-state index contributed by atoms with van der Waals surface area (Å²) < 4.78 is 5.06. The van der Waals surface area contributed by atoms with Gasteiger partial charge in [-0.2, -0.15) is 0 Å². The number of carboxylic acids is 1. The second-order valence-corrected chi connectivity index (χ2v) is 6.46. The molecule has 0 aliphatic heterocycles. The number of nitrogens with one attached hydrogen (secondary N) is 2. The number of ether oxygens (including phenoxy) is 1. The summed E-state index contributed by atoms with van der Waals surface area (Å²) in [6, 6.07) is 6.98. The highest BCUT2D eigenvalue weighted by atomic mass is 16.6. The summed E-state index contributed by atoms with van der Waals surface area (Å²) in [5, 5.41) is 14.1. The fraction of sp³-hybridized carbons (Fsp3) is 0.471. The summed E-state index contributed by atoms with van der Waals surface area (Å²) in [5.74, 6) is -1.74. The minimum Gasteiger partial charge on any atom is -0.480 e. The minimum absolute atomic E-state index is 0.154. The molecule has 0 saturated heterocycles. The van der Waals surface area contributed by atoms with Crippen LogP contribution >= 0.6 is 0 Å². The molecule has 0 heterocycles. The Labute approximate surface area is 141 Å². The van der Waals surface area contributed by atoms with E-state index >= 15 is 0 Å². The third-order valence-corrected chi connectivity index (χ3v) is 3.02. The van der Waals surface area contributed by atoms with Crippen molar-refractivity contribution in [3.63, 3.8) is 0 Å². The standard InChI is InChI=1S/C17H24N2O5/c1-11(18-16(23)24-17(2,3)4)14(20)19-13(15(21)22)10-12-8-6-5-7-9-12/h5-9,11,13H,10H2,1-4H3,(H,18,23)(H,19,20)(H,21,22)/t11-,13+/m0/s1. The van der Waals surface area contributed by atoms with Crippen molar-refractivity contribution in [3.05, 3.63) is 35.9 Å². The Balaban J connectivity index is 2.61. The third kappa shape index (κ3) is 7.13. The molecule has 0 fully saturated rings. The summed E-state index contributed by atoms with van der Waals surface area (Å²) in [6.45, 7) is 6.58. The summed E-state index contributed by atoms with van der Waals surface area (Å²) in [5.41, 5.74) is 0.106. The molecule has 0 aliphatic carbocycles. The van der Waals surface area contributed by atoms with Crippen molar-refractivity contribution in [3.8, 4) is 0 Å². The van der Waals surface area contributed by atoms with Crippen molar-refractivity contribution in [2.24, 2.45) is 0 Å². The van der Waals surface area contributed by atoms with E-state index < -0.39 is 35.7 Å². The maximum atomic E-state index is 12.1. The lowest BCUT2D eigenvalue weighted by molar-refractivity contribution is -0.142. The molecule has 0 saturated carbocycles. The van der Waals surface area contributed by atoms with Crippen LogP contribution < -0.4 is 10.6 Å². The van der Waals surface area contributed by atoms with Gasteiger partial charge in [-0.15, -0.1) is 0 Å². The van der Waals surface area contributed by atoms with E-state index in [2.05, 4.69) is 10.6 Å². The lowest BCUT2D eigenvalue weighted by atomic mass is 10.1. The van der Waals surface area contributed by atoms with Crippen molar-refractivity contribution < 1.29 is 24.2 Å². The second kappa shape index (κ2) is 8.33. The normalized spacial score (nSPS) is 13.5. The van der Waals surface area contributed by atoms with Crippen molar-refractivity contribution in [2.45, 2.75) is 51.8 Å². The van der Waals surface area contributed by atoms with Gasteiger partial charge >= 0.3 is 12.1 Å². The molecule has 1 rings (SSSR count). The Bertz CT molecular complexity index is 580. The molecule has 0 bridgehead atoms. The minimum atomic E-state index is -1.14. The predicted octanol–water partition coefficient (Wildman–Crippen LogP) is 1.71. The summed E-state index contributed by atoms with van der Waals surface area (Å²) in [6.07, 6.45) is -0.582. The van der Waals surface area contributed by atoms with Gasteiger partial charge in [-0.1, -0.05) is 30.3 Å². The first kappa shape index (κ1) is 19.5. The molecule has 2 atom stereocenters. The highest BCUT2D eigenvalue weighted by Crippen LogP contribution is 2.07. The molecule has 0 aromatic heterocycles. The smallest absolute Gasteiger partial charge is 0.408 e. The first-order valence-electron chi connectivity index (χ1n) is 7.65. The van der Waals surface area contributed by atoms with Gasteiger partial charge in [0.25, 0.3) is 0 Å². The number of hydrogen-bond donors (Lipinski definition) is 3. The van der Waals surface area contributed by atoms with Gasteiger partial charge in [0.15, 0.2) is 0 Å². The molecule has 2 amide bonds. The van der Waals surface area contributed by atoms with E-state index in [1.807, 2.05) is 6.07 Å². The van der Waals surface area contributed by atoms with Crippen LogP contribution in [0.5, 0.6) is 0 Å². The molecule has 1 aromatic carbocycles. The van der Waals surface area contributed by atoms with Crippen molar-refractivity contribution in [2.75, 3.05) is 0 Å². The molecule has 0 radical (unpaired) electrons. The zero-order chi connectivity index (χ0) is 18.3. The van der Waals surface area contributed by atoms with Crippen molar-refractivity contribution >= 4 is 18.0 Å². The summed E-state index contributed by atoms with van der Waals surface area (Å²) in [4.78, 5) is 35.1. The van der Waals surface area contributed by atoms with Gasteiger partial charge < -0.3 is 20.5 Å². The maximum Gasteiger partial charge on any atom is 0.408 e. The zero-order valence-electron chi connectivity index (χ0n) is 14.3. The van der Waals surface area contributed by atoms with Crippen LogP contribution in [0.25, 0.3) is 0 Å². The van der Waals surface area contributed by atoms with Crippen LogP contribution in [-0.4, -0.2) is 40.8 Å². The maximum absolute atomic E-state index is 12.1. The molecule has 7 nitrogen and oxygen atoms in total. The Kier molecular flexibility index (Phi) is 6.76. The lowest BCUT2D eigenvalue weighted by Crippen LogP contribution is -2.51. The largest absolute Gasteiger partial charge is 0.480 e. The first-order chi connectivity index (χ1) is 11.1. The number of benzene rings is 1. The quantitative estimate of drug-likeness (QED) is 0.733. The molecule has 3 N–H and O–H groups in total. The van der Waals surface area contributed by atoms with E-state index in [0.29, 0.717) is 0 Å². The topological polar surface area (TPSA) is 105 Å². The van der Waals surface area contributed by atoms with Crippen LogP contribution in [0.1, 0.15) is 33.3 Å². The number of amides is 2.